The monoisotopic (exact) mass is 469 g/mol. The van der Waals surface area contributed by atoms with E-state index < -0.39 is 11.5 Å². The van der Waals surface area contributed by atoms with Crippen LogP contribution in [0, 0.1) is 0 Å². The second kappa shape index (κ2) is 7.95. The van der Waals surface area contributed by atoms with Crippen LogP contribution in [-0.2, 0) is 10.4 Å². The van der Waals surface area contributed by atoms with Crippen LogP contribution in [0.5, 0.6) is 0 Å². The van der Waals surface area contributed by atoms with Gasteiger partial charge in [-0.1, -0.05) is 11.2 Å². The van der Waals surface area contributed by atoms with E-state index >= 15 is 0 Å². The number of nitrogens with one attached hydrogen (secondary N) is 1. The van der Waals surface area contributed by atoms with Gasteiger partial charge in [-0.2, -0.15) is 10.2 Å². The Bertz CT molecular complexity index is 1560. The molecule has 1 aliphatic heterocycles. The number of carbonyl (C=O) groups excluding carboxylic acids is 1. The Labute approximate surface area is 198 Å². The zero-order valence-corrected chi connectivity index (χ0v) is 18.5. The Kier molecular flexibility index (Phi) is 4.74. The Morgan fingerprint density at radius 3 is 2.69 bits per heavy atom. The SMILES string of the molecule is CN1CCC(O)(c2cc(-c3cccc(-c4ccnc(Nc5cnn6ncccc56)n4)n3)no2)C1=O. The quantitative estimate of drug-likeness (QED) is 0.392. The lowest BCUT2D eigenvalue weighted by Crippen LogP contribution is -2.35. The van der Waals surface area contributed by atoms with Gasteiger partial charge in [-0.25, -0.2) is 15.0 Å². The number of likely N-dealkylation sites (N-methyl/N-ethyl adjacent to an activating group) is 1. The number of rotatable bonds is 5. The molecular formula is C23H19N9O3. The normalized spacial score (nSPS) is 17.9. The molecule has 0 spiro atoms. The Morgan fingerprint density at radius 1 is 1.03 bits per heavy atom. The highest BCUT2D eigenvalue weighted by molar-refractivity contribution is 5.87. The number of likely N-dealkylation sites (tertiary alicyclic amines) is 1. The van der Waals surface area contributed by atoms with Crippen molar-refractivity contribution in [1.29, 1.82) is 0 Å². The first-order valence-corrected chi connectivity index (χ1v) is 10.8. The van der Waals surface area contributed by atoms with E-state index in [1.54, 1.807) is 43.8 Å². The van der Waals surface area contributed by atoms with E-state index in [2.05, 4.69) is 35.6 Å². The van der Waals surface area contributed by atoms with Gasteiger partial charge in [-0.05, 0) is 30.3 Å². The first-order chi connectivity index (χ1) is 17.0. The van der Waals surface area contributed by atoms with Crippen LogP contribution < -0.4 is 5.32 Å². The minimum atomic E-state index is -1.71. The standard InChI is InChI=1S/C23H19N9O3/c1-31-11-8-23(34,21(31)33)20-12-17(30-35-20)15-5-2-4-14(27-15)16-7-10-24-22(28-16)29-18-13-26-32-19(18)6-3-9-25-32/h2-7,9-10,12-13,34H,8,11H2,1H3,(H,24,28,29). The smallest absolute Gasteiger partial charge is 0.262 e. The fourth-order valence-electron chi connectivity index (χ4n) is 4.00. The maximum Gasteiger partial charge on any atom is 0.262 e. The fourth-order valence-corrected chi connectivity index (χ4v) is 4.00. The van der Waals surface area contributed by atoms with Gasteiger partial charge in [0.1, 0.15) is 11.2 Å². The first kappa shape index (κ1) is 20.9. The molecule has 35 heavy (non-hydrogen) atoms. The highest BCUT2D eigenvalue weighted by Gasteiger charge is 2.48. The van der Waals surface area contributed by atoms with Crippen LogP contribution in [0.3, 0.4) is 0 Å². The molecule has 1 aliphatic rings. The molecule has 1 atom stereocenters. The van der Waals surface area contributed by atoms with E-state index in [0.29, 0.717) is 35.3 Å². The highest BCUT2D eigenvalue weighted by atomic mass is 16.5. The topological polar surface area (TPSA) is 147 Å². The summed E-state index contributed by atoms with van der Waals surface area (Å²) >= 11 is 0. The predicted molar refractivity (Wildman–Crippen MR) is 123 cm³/mol. The van der Waals surface area contributed by atoms with E-state index in [1.165, 1.54) is 9.53 Å². The van der Waals surface area contributed by atoms with Crippen molar-refractivity contribution in [3.05, 3.63) is 66.8 Å². The minimum absolute atomic E-state index is 0.102. The summed E-state index contributed by atoms with van der Waals surface area (Å²) < 4.78 is 6.86. The van der Waals surface area contributed by atoms with Gasteiger partial charge in [0.25, 0.3) is 5.91 Å². The van der Waals surface area contributed by atoms with Crippen molar-refractivity contribution in [2.75, 3.05) is 18.9 Å². The number of amides is 1. The summed E-state index contributed by atoms with van der Waals surface area (Å²) in [6.07, 6.45) is 5.18. The molecule has 174 valence electrons. The molecule has 12 nitrogen and oxygen atoms in total. The van der Waals surface area contributed by atoms with Gasteiger partial charge < -0.3 is 19.8 Å². The van der Waals surface area contributed by atoms with E-state index in [-0.39, 0.29) is 12.2 Å². The Morgan fingerprint density at radius 2 is 1.86 bits per heavy atom. The number of pyridine rings is 1. The van der Waals surface area contributed by atoms with Crippen LogP contribution in [0.2, 0.25) is 0 Å². The third-order valence-electron chi connectivity index (χ3n) is 5.91. The average molecular weight is 469 g/mol. The van der Waals surface area contributed by atoms with Gasteiger partial charge in [-0.3, -0.25) is 4.79 Å². The van der Waals surface area contributed by atoms with Crippen molar-refractivity contribution in [2.45, 2.75) is 12.0 Å². The molecule has 5 aromatic heterocycles. The average Bonchev–Trinajstić information content (AvgIpc) is 3.61. The molecule has 1 saturated heterocycles. The van der Waals surface area contributed by atoms with Gasteiger partial charge in [0.2, 0.25) is 11.5 Å². The maximum absolute atomic E-state index is 12.4. The molecule has 1 amide bonds. The third kappa shape index (κ3) is 3.56. The molecule has 2 N–H and O–H groups in total. The number of hydrogen-bond acceptors (Lipinski definition) is 10. The molecule has 0 bridgehead atoms. The van der Waals surface area contributed by atoms with Crippen molar-refractivity contribution >= 4 is 23.1 Å². The van der Waals surface area contributed by atoms with Crippen molar-refractivity contribution in [3.63, 3.8) is 0 Å². The highest BCUT2D eigenvalue weighted by Crippen LogP contribution is 2.34. The molecule has 12 heteroatoms. The Balaban J connectivity index is 1.28. The predicted octanol–water partition coefficient (Wildman–Crippen LogP) is 2.03. The van der Waals surface area contributed by atoms with Crippen LogP contribution in [0.15, 0.2) is 65.6 Å². The number of aliphatic hydroxyl groups is 1. The summed E-state index contributed by atoms with van der Waals surface area (Å²) in [5.41, 5.74) is 1.90. The fraction of sp³-hybridized carbons (Fsp3) is 0.174. The summed E-state index contributed by atoms with van der Waals surface area (Å²) in [4.78, 5) is 27.4. The summed E-state index contributed by atoms with van der Waals surface area (Å²) in [6.45, 7) is 0.439. The summed E-state index contributed by atoms with van der Waals surface area (Å²) in [5, 5.41) is 26.4. The van der Waals surface area contributed by atoms with Crippen LogP contribution in [0.4, 0.5) is 11.6 Å². The number of hydrogen-bond donors (Lipinski definition) is 2. The van der Waals surface area contributed by atoms with Crippen molar-refractivity contribution in [3.8, 4) is 22.8 Å². The van der Waals surface area contributed by atoms with Crippen LogP contribution >= 0.6 is 0 Å². The summed E-state index contributed by atoms with van der Waals surface area (Å²) in [6, 6.07) is 12.4. The summed E-state index contributed by atoms with van der Waals surface area (Å²) in [5.74, 6) is 0.0682. The second-order valence-electron chi connectivity index (χ2n) is 8.17. The zero-order valence-electron chi connectivity index (χ0n) is 18.5. The number of aromatic nitrogens is 7. The lowest BCUT2D eigenvalue weighted by Gasteiger charge is -2.16. The van der Waals surface area contributed by atoms with Gasteiger partial charge in [0.15, 0.2) is 5.76 Å². The lowest BCUT2D eigenvalue weighted by molar-refractivity contribution is -0.144. The molecule has 1 fully saturated rings. The van der Waals surface area contributed by atoms with Crippen LogP contribution in [0.25, 0.3) is 28.3 Å². The number of anilines is 2. The minimum Gasteiger partial charge on any atom is -0.373 e. The third-order valence-corrected chi connectivity index (χ3v) is 5.91. The molecule has 0 aromatic carbocycles. The molecule has 5 aromatic rings. The molecule has 6 heterocycles. The molecular weight excluding hydrogens is 450 g/mol. The summed E-state index contributed by atoms with van der Waals surface area (Å²) in [7, 11) is 1.64. The van der Waals surface area contributed by atoms with Crippen molar-refractivity contribution in [1.82, 2.24) is 39.8 Å². The zero-order chi connectivity index (χ0) is 24.0. The lowest BCUT2D eigenvalue weighted by atomic mass is 9.98. The first-order valence-electron chi connectivity index (χ1n) is 10.8. The van der Waals surface area contributed by atoms with Gasteiger partial charge in [0.05, 0.1) is 29.0 Å². The van der Waals surface area contributed by atoms with Gasteiger partial charge in [-0.15, -0.1) is 4.63 Å². The number of carbonyl (C=O) groups is 1. The van der Waals surface area contributed by atoms with E-state index in [1.807, 2.05) is 24.3 Å². The molecule has 1 unspecified atom stereocenters. The van der Waals surface area contributed by atoms with E-state index in [4.69, 9.17) is 4.52 Å². The molecule has 0 radical (unpaired) electrons. The maximum atomic E-state index is 12.4. The number of nitrogens with zero attached hydrogens (tertiary/aromatic N) is 8. The van der Waals surface area contributed by atoms with E-state index in [0.717, 1.165) is 11.2 Å². The molecule has 0 aliphatic carbocycles. The van der Waals surface area contributed by atoms with Crippen molar-refractivity contribution in [2.24, 2.45) is 0 Å². The molecule has 6 rings (SSSR count). The Hall–Kier alpha value is -4.71. The molecule has 0 saturated carbocycles. The largest absolute Gasteiger partial charge is 0.373 e. The second-order valence-corrected chi connectivity index (χ2v) is 8.17. The van der Waals surface area contributed by atoms with E-state index in [9.17, 15) is 9.90 Å². The van der Waals surface area contributed by atoms with Crippen molar-refractivity contribution < 1.29 is 14.4 Å². The van der Waals surface area contributed by atoms with Crippen LogP contribution in [0.1, 0.15) is 12.2 Å². The number of fused-ring (bicyclic) bond motifs is 1. The van der Waals surface area contributed by atoms with Gasteiger partial charge >= 0.3 is 0 Å². The van der Waals surface area contributed by atoms with Crippen LogP contribution in [-0.4, -0.2) is 64.4 Å². The van der Waals surface area contributed by atoms with Gasteiger partial charge in [0, 0.05) is 38.5 Å².